The molecule has 3 amide bonds. The van der Waals surface area contributed by atoms with E-state index in [1.54, 1.807) is 24.3 Å². The van der Waals surface area contributed by atoms with Gasteiger partial charge in [0.05, 0.1) is 10.7 Å². The minimum atomic E-state index is -0.684. The van der Waals surface area contributed by atoms with Gasteiger partial charge in [0.2, 0.25) is 0 Å². The Balaban J connectivity index is 2.01. The van der Waals surface area contributed by atoms with Crippen LogP contribution in [0, 0.1) is 0 Å². The second kappa shape index (κ2) is 3.99. The monoisotopic (exact) mass is 264 g/mol. The van der Waals surface area contributed by atoms with Gasteiger partial charge in [-0.2, -0.15) is 0 Å². The molecule has 0 aromatic heterocycles. The molecule has 1 aliphatic carbocycles. The molecule has 1 aliphatic heterocycles. The number of anilines is 1. The molecule has 5 heteroatoms. The largest absolute Gasteiger partial charge is 0.329 e. The van der Waals surface area contributed by atoms with Crippen molar-refractivity contribution in [3.05, 3.63) is 29.3 Å². The Hall–Kier alpha value is -1.55. The van der Waals surface area contributed by atoms with Crippen LogP contribution in [0.1, 0.15) is 25.7 Å². The predicted molar refractivity (Wildman–Crippen MR) is 68.7 cm³/mol. The van der Waals surface area contributed by atoms with E-state index in [0.29, 0.717) is 10.7 Å². The van der Waals surface area contributed by atoms with Gasteiger partial charge in [-0.15, -0.1) is 0 Å². The molecule has 0 bridgehead atoms. The number of nitrogens with zero attached hydrogens (tertiary/aromatic N) is 1. The van der Waals surface area contributed by atoms with E-state index in [0.717, 1.165) is 25.7 Å². The summed E-state index contributed by atoms with van der Waals surface area (Å²) in [5.74, 6) is -0.168. The Kier molecular flexibility index (Phi) is 2.55. The van der Waals surface area contributed by atoms with Crippen molar-refractivity contribution >= 4 is 29.2 Å². The van der Waals surface area contributed by atoms with Crippen molar-refractivity contribution in [3.8, 4) is 0 Å². The Labute approximate surface area is 110 Å². The Morgan fingerprint density at radius 1 is 1.17 bits per heavy atom. The lowest BCUT2D eigenvalue weighted by molar-refractivity contribution is -0.121. The van der Waals surface area contributed by atoms with Crippen molar-refractivity contribution < 1.29 is 9.59 Å². The number of halogens is 1. The summed E-state index contributed by atoms with van der Waals surface area (Å²) in [7, 11) is 0. The van der Waals surface area contributed by atoms with E-state index in [1.807, 2.05) is 0 Å². The number of urea groups is 1. The highest BCUT2D eigenvalue weighted by Gasteiger charge is 2.53. The third-order valence-corrected chi connectivity index (χ3v) is 4.03. The molecule has 18 heavy (non-hydrogen) atoms. The second-order valence-corrected chi connectivity index (χ2v) is 5.22. The van der Waals surface area contributed by atoms with Crippen molar-refractivity contribution in [1.82, 2.24) is 5.32 Å². The summed E-state index contributed by atoms with van der Waals surface area (Å²) in [6, 6.07) is 6.54. The number of para-hydroxylation sites is 1. The van der Waals surface area contributed by atoms with E-state index in [2.05, 4.69) is 5.32 Å². The SMILES string of the molecule is O=C1NC2(CCCC2)C(=O)N1c1ccccc1Cl. The van der Waals surface area contributed by atoms with Crippen LogP contribution >= 0.6 is 11.6 Å². The first-order valence-corrected chi connectivity index (χ1v) is 6.43. The maximum absolute atomic E-state index is 12.5. The standard InChI is InChI=1S/C13H13ClN2O2/c14-9-5-1-2-6-10(9)16-11(17)13(15-12(16)18)7-3-4-8-13/h1-2,5-6H,3-4,7-8H2,(H,15,18). The molecule has 0 unspecified atom stereocenters. The summed E-state index contributed by atoms with van der Waals surface area (Å²) in [5.41, 5.74) is -0.221. The van der Waals surface area contributed by atoms with Crippen molar-refractivity contribution in [3.63, 3.8) is 0 Å². The highest BCUT2D eigenvalue weighted by atomic mass is 35.5. The van der Waals surface area contributed by atoms with Gasteiger partial charge in [0.25, 0.3) is 5.91 Å². The number of hydrogen-bond donors (Lipinski definition) is 1. The fourth-order valence-electron chi connectivity index (χ4n) is 2.79. The van der Waals surface area contributed by atoms with Crippen LogP contribution < -0.4 is 10.2 Å². The van der Waals surface area contributed by atoms with E-state index < -0.39 is 5.54 Å². The number of rotatable bonds is 1. The average Bonchev–Trinajstić information content (AvgIpc) is 2.89. The fraction of sp³-hybridized carbons (Fsp3) is 0.385. The molecule has 1 aromatic rings. The summed E-state index contributed by atoms with van der Waals surface area (Å²) in [6.45, 7) is 0. The van der Waals surface area contributed by atoms with Crippen molar-refractivity contribution in [1.29, 1.82) is 0 Å². The van der Waals surface area contributed by atoms with E-state index in [9.17, 15) is 9.59 Å². The van der Waals surface area contributed by atoms with E-state index in [-0.39, 0.29) is 11.9 Å². The van der Waals surface area contributed by atoms with Gasteiger partial charge in [0.15, 0.2) is 0 Å². The second-order valence-electron chi connectivity index (χ2n) is 4.81. The number of imide groups is 1. The number of nitrogens with one attached hydrogen (secondary N) is 1. The van der Waals surface area contributed by atoms with Crippen LogP contribution in [0.5, 0.6) is 0 Å². The van der Waals surface area contributed by atoms with Gasteiger partial charge in [-0.3, -0.25) is 4.79 Å². The number of carbonyl (C=O) groups is 2. The summed E-state index contributed by atoms with van der Waals surface area (Å²) in [6.07, 6.45) is 3.39. The van der Waals surface area contributed by atoms with Crippen LogP contribution in [0.4, 0.5) is 10.5 Å². The van der Waals surface area contributed by atoms with Crippen molar-refractivity contribution in [2.75, 3.05) is 4.90 Å². The Morgan fingerprint density at radius 2 is 1.83 bits per heavy atom. The fourth-order valence-corrected chi connectivity index (χ4v) is 3.01. The minimum absolute atomic E-state index is 0.168. The highest BCUT2D eigenvalue weighted by molar-refractivity contribution is 6.36. The van der Waals surface area contributed by atoms with Gasteiger partial charge in [-0.1, -0.05) is 36.6 Å². The molecule has 1 aromatic carbocycles. The summed E-state index contributed by atoms with van der Waals surface area (Å²) in [4.78, 5) is 25.7. The molecule has 3 rings (SSSR count). The average molecular weight is 265 g/mol. The molecule has 1 saturated carbocycles. The normalized spacial score (nSPS) is 21.7. The highest BCUT2D eigenvalue weighted by Crippen LogP contribution is 2.38. The van der Waals surface area contributed by atoms with Crippen LogP contribution in [0.25, 0.3) is 0 Å². The third kappa shape index (κ3) is 1.52. The molecule has 94 valence electrons. The lowest BCUT2D eigenvalue weighted by Gasteiger charge is -2.20. The number of amides is 3. The molecule has 0 radical (unpaired) electrons. The lowest BCUT2D eigenvalue weighted by atomic mass is 9.98. The van der Waals surface area contributed by atoms with Crippen LogP contribution in [-0.2, 0) is 4.79 Å². The zero-order valence-electron chi connectivity index (χ0n) is 9.78. The van der Waals surface area contributed by atoms with Gasteiger partial charge in [-0.25, -0.2) is 9.69 Å². The van der Waals surface area contributed by atoms with Gasteiger partial charge >= 0.3 is 6.03 Å². The van der Waals surface area contributed by atoms with Gasteiger partial charge in [0.1, 0.15) is 5.54 Å². The third-order valence-electron chi connectivity index (χ3n) is 3.71. The van der Waals surface area contributed by atoms with Crippen LogP contribution in [-0.4, -0.2) is 17.5 Å². The molecule has 4 nitrogen and oxygen atoms in total. The zero-order valence-corrected chi connectivity index (χ0v) is 10.5. The summed E-state index contributed by atoms with van der Waals surface area (Å²) >= 11 is 6.06. The predicted octanol–water partition coefficient (Wildman–Crippen LogP) is 2.71. The van der Waals surface area contributed by atoms with Crippen molar-refractivity contribution in [2.45, 2.75) is 31.2 Å². The van der Waals surface area contributed by atoms with Crippen LogP contribution in [0.15, 0.2) is 24.3 Å². The summed E-state index contributed by atoms with van der Waals surface area (Å²) < 4.78 is 0. The zero-order chi connectivity index (χ0) is 12.8. The molecule has 2 aliphatic rings. The molecular weight excluding hydrogens is 252 g/mol. The number of carbonyl (C=O) groups excluding carboxylic acids is 2. The summed E-state index contributed by atoms with van der Waals surface area (Å²) in [5, 5.41) is 3.25. The maximum atomic E-state index is 12.5. The van der Waals surface area contributed by atoms with Crippen molar-refractivity contribution in [2.24, 2.45) is 0 Å². The quantitative estimate of drug-likeness (QED) is 0.793. The molecule has 1 N–H and O–H groups in total. The molecule has 1 heterocycles. The van der Waals surface area contributed by atoms with Gasteiger partial charge in [-0.05, 0) is 25.0 Å². The van der Waals surface area contributed by atoms with E-state index in [1.165, 1.54) is 4.90 Å². The molecule has 1 spiro atoms. The molecule has 0 atom stereocenters. The minimum Gasteiger partial charge on any atom is -0.323 e. The molecule has 1 saturated heterocycles. The first-order chi connectivity index (χ1) is 8.64. The topological polar surface area (TPSA) is 49.4 Å². The first kappa shape index (κ1) is 11.5. The molecule has 2 fully saturated rings. The van der Waals surface area contributed by atoms with Gasteiger partial charge in [0, 0.05) is 0 Å². The maximum Gasteiger partial charge on any atom is 0.329 e. The molecular formula is C13H13ClN2O2. The van der Waals surface area contributed by atoms with Crippen LogP contribution in [0.3, 0.4) is 0 Å². The Bertz CT molecular complexity index is 523. The number of hydrogen-bond acceptors (Lipinski definition) is 2. The van der Waals surface area contributed by atoms with E-state index >= 15 is 0 Å². The van der Waals surface area contributed by atoms with Gasteiger partial charge < -0.3 is 5.32 Å². The number of benzene rings is 1. The van der Waals surface area contributed by atoms with E-state index in [4.69, 9.17) is 11.6 Å². The Morgan fingerprint density at radius 3 is 2.50 bits per heavy atom. The van der Waals surface area contributed by atoms with Crippen LogP contribution in [0.2, 0.25) is 5.02 Å². The smallest absolute Gasteiger partial charge is 0.323 e. The first-order valence-electron chi connectivity index (χ1n) is 6.05. The lowest BCUT2D eigenvalue weighted by Crippen LogP contribution is -2.44.